The number of aliphatic hydroxyl groups is 1. The molecule has 14 nitrogen and oxygen atoms in total. The second kappa shape index (κ2) is 23.2. The number of halogens is 4. The topological polar surface area (TPSA) is 160 Å². The number of aliphatic hydroxyl groups excluding tert-OH is 1. The summed E-state index contributed by atoms with van der Waals surface area (Å²) in [5.74, 6) is 0.259. The fourth-order valence-electron chi connectivity index (χ4n) is 5.30. The number of alkyl halides is 1. The van der Waals surface area contributed by atoms with Crippen LogP contribution in [0.15, 0.2) is 24.8 Å². The van der Waals surface area contributed by atoms with E-state index in [1.807, 2.05) is 62.3 Å². The van der Waals surface area contributed by atoms with Gasteiger partial charge in [-0.25, -0.2) is 29.3 Å². The van der Waals surface area contributed by atoms with E-state index in [1.165, 1.54) is 12.4 Å². The van der Waals surface area contributed by atoms with Crippen LogP contribution in [0.3, 0.4) is 0 Å². The third kappa shape index (κ3) is 20.3. The van der Waals surface area contributed by atoms with Gasteiger partial charge in [-0.15, -0.1) is 0 Å². The number of ether oxygens (including phenoxy) is 3. The molecule has 0 radical (unpaired) electrons. The van der Waals surface area contributed by atoms with Crippen LogP contribution in [0.1, 0.15) is 112 Å². The number of likely N-dealkylation sites (tertiary alicyclic amines) is 3. The third-order valence-electron chi connectivity index (χ3n) is 8.02. The van der Waals surface area contributed by atoms with E-state index in [1.54, 1.807) is 27.1 Å². The van der Waals surface area contributed by atoms with Gasteiger partial charge in [0.2, 0.25) is 0 Å². The van der Waals surface area contributed by atoms with E-state index in [0.29, 0.717) is 48.1 Å². The van der Waals surface area contributed by atoms with Crippen LogP contribution in [0.25, 0.3) is 0 Å². The first kappa shape index (κ1) is 49.7. The third-order valence-corrected chi connectivity index (χ3v) is 10.2. The molecule has 18 heteroatoms. The average molecular weight is 959 g/mol. The summed E-state index contributed by atoms with van der Waals surface area (Å²) in [6, 6.07) is 0. The molecule has 2 aromatic rings. The molecule has 0 spiro atoms. The van der Waals surface area contributed by atoms with Crippen molar-refractivity contribution in [3.05, 3.63) is 45.9 Å². The molecule has 3 aliphatic rings. The van der Waals surface area contributed by atoms with Gasteiger partial charge in [0.25, 0.3) is 0 Å². The van der Waals surface area contributed by atoms with Gasteiger partial charge < -0.3 is 34.0 Å². The molecule has 0 aromatic carbocycles. The molecule has 0 bridgehead atoms. The van der Waals surface area contributed by atoms with E-state index in [0.717, 1.165) is 44.5 Å². The molecule has 0 atom stereocenters. The van der Waals surface area contributed by atoms with Gasteiger partial charge in [0.15, 0.2) is 15.5 Å². The number of hydrogen-bond donors (Lipinski definition) is 1. The van der Waals surface area contributed by atoms with Crippen LogP contribution in [0.4, 0.5) is 14.4 Å². The SMILES string of the molecule is CC(C)(C)OC(=O)N1CCC(I)CC1.CC(C)(C)OC(=O)N1CCC(O)CC1.CC(C)(C)OC(=O)N1CCC(c2nccnc2Cl)CC1.Clc1nccnc1Cl. The van der Waals surface area contributed by atoms with Crippen molar-refractivity contribution >= 4 is 75.7 Å². The van der Waals surface area contributed by atoms with Gasteiger partial charge >= 0.3 is 18.3 Å². The zero-order valence-electron chi connectivity index (χ0n) is 34.1. The van der Waals surface area contributed by atoms with Gasteiger partial charge in [0.1, 0.15) is 16.8 Å². The molecule has 3 amide bonds. The molecule has 2 aromatic heterocycles. The zero-order valence-corrected chi connectivity index (χ0v) is 38.5. The minimum absolute atomic E-state index is 0.166. The van der Waals surface area contributed by atoms with Crippen molar-refractivity contribution < 1.29 is 33.7 Å². The van der Waals surface area contributed by atoms with E-state index in [4.69, 9.17) is 49.0 Å². The van der Waals surface area contributed by atoms with Crippen molar-refractivity contribution in [2.24, 2.45) is 0 Å². The van der Waals surface area contributed by atoms with E-state index in [2.05, 4.69) is 42.5 Å². The summed E-state index contributed by atoms with van der Waals surface area (Å²) in [5.41, 5.74) is -0.439. The molecule has 0 aliphatic carbocycles. The Labute approximate surface area is 360 Å². The predicted molar refractivity (Wildman–Crippen MR) is 227 cm³/mol. The summed E-state index contributed by atoms with van der Waals surface area (Å²) in [6.07, 6.45) is 10.4. The van der Waals surface area contributed by atoms with Crippen molar-refractivity contribution in [3.8, 4) is 0 Å². The summed E-state index contributed by atoms with van der Waals surface area (Å²) < 4.78 is 16.6. The lowest BCUT2D eigenvalue weighted by Crippen LogP contribution is -2.42. The van der Waals surface area contributed by atoms with Crippen molar-refractivity contribution in [2.45, 2.75) is 134 Å². The van der Waals surface area contributed by atoms with Crippen LogP contribution in [0.2, 0.25) is 15.5 Å². The predicted octanol–water partition coefficient (Wildman–Crippen LogP) is 9.23. The highest BCUT2D eigenvalue weighted by Gasteiger charge is 2.30. The molecule has 56 heavy (non-hydrogen) atoms. The lowest BCUT2D eigenvalue weighted by atomic mass is 9.94. The molecule has 3 aliphatic heterocycles. The molecule has 316 valence electrons. The first-order valence-corrected chi connectivity index (χ1v) is 21.2. The highest BCUT2D eigenvalue weighted by atomic mass is 127. The number of carbonyl (C=O) groups excluding carboxylic acids is 3. The largest absolute Gasteiger partial charge is 0.444 e. The quantitative estimate of drug-likeness (QED) is 0.165. The number of amides is 3. The molecule has 3 fully saturated rings. The smallest absolute Gasteiger partial charge is 0.410 e. The Balaban J connectivity index is 0.000000269. The van der Waals surface area contributed by atoms with Gasteiger partial charge in [-0.2, -0.15) is 0 Å². The molecule has 1 N–H and O–H groups in total. The van der Waals surface area contributed by atoms with Crippen molar-refractivity contribution in [3.63, 3.8) is 0 Å². The fourth-order valence-corrected chi connectivity index (χ4v) is 6.33. The van der Waals surface area contributed by atoms with Crippen LogP contribution in [-0.2, 0) is 14.2 Å². The number of aromatic nitrogens is 4. The van der Waals surface area contributed by atoms with Crippen molar-refractivity contribution in [1.82, 2.24) is 34.6 Å². The van der Waals surface area contributed by atoms with Crippen molar-refractivity contribution in [2.75, 3.05) is 39.3 Å². The summed E-state index contributed by atoms with van der Waals surface area (Å²) in [6.45, 7) is 21.0. The highest BCUT2D eigenvalue weighted by molar-refractivity contribution is 14.1. The average Bonchev–Trinajstić information content (AvgIpc) is 3.09. The Kier molecular flexibility index (Phi) is 20.6. The normalized spacial score (nSPS) is 17.2. The van der Waals surface area contributed by atoms with Crippen molar-refractivity contribution in [1.29, 1.82) is 0 Å². The van der Waals surface area contributed by atoms with Crippen LogP contribution in [0.5, 0.6) is 0 Å². The number of nitrogens with zero attached hydrogens (tertiary/aromatic N) is 7. The van der Waals surface area contributed by atoms with Gasteiger partial charge in [0.05, 0.1) is 11.8 Å². The van der Waals surface area contributed by atoms with Gasteiger partial charge in [-0.1, -0.05) is 57.4 Å². The van der Waals surface area contributed by atoms with E-state index < -0.39 is 11.2 Å². The zero-order chi connectivity index (χ0) is 42.3. The minimum atomic E-state index is -0.456. The second-order valence-corrected chi connectivity index (χ2v) is 19.3. The van der Waals surface area contributed by atoms with Crippen LogP contribution >= 0.6 is 57.4 Å². The minimum Gasteiger partial charge on any atom is -0.444 e. The van der Waals surface area contributed by atoms with Crippen LogP contribution < -0.4 is 0 Å². The second-order valence-electron chi connectivity index (χ2n) is 16.5. The first-order valence-electron chi connectivity index (χ1n) is 18.8. The Bertz CT molecular complexity index is 1450. The van der Waals surface area contributed by atoms with E-state index in [9.17, 15) is 19.5 Å². The summed E-state index contributed by atoms with van der Waals surface area (Å²) in [5, 5.41) is 10.2. The van der Waals surface area contributed by atoms with Gasteiger partial charge in [-0.05, 0) is 101 Å². The summed E-state index contributed by atoms with van der Waals surface area (Å²) in [4.78, 5) is 56.0. The van der Waals surface area contributed by atoms with E-state index in [-0.39, 0.29) is 46.2 Å². The highest BCUT2D eigenvalue weighted by Crippen LogP contribution is 2.30. The first-order chi connectivity index (χ1) is 25.9. The number of carbonyl (C=O) groups is 3. The molecule has 0 saturated carbocycles. The Hall–Kier alpha value is -2.47. The number of rotatable bonds is 1. The van der Waals surface area contributed by atoms with Gasteiger partial charge in [0, 0.05) is 73.9 Å². The van der Waals surface area contributed by atoms with E-state index >= 15 is 0 Å². The lowest BCUT2D eigenvalue weighted by Gasteiger charge is -2.33. The molecule has 5 rings (SSSR count). The fraction of sp³-hybridized carbons (Fsp3) is 0.711. The lowest BCUT2D eigenvalue weighted by molar-refractivity contribution is 0.00985. The number of hydrogen-bond acceptors (Lipinski definition) is 11. The monoisotopic (exact) mass is 957 g/mol. The summed E-state index contributed by atoms with van der Waals surface area (Å²) >= 11 is 19.3. The molecule has 0 unspecified atom stereocenters. The van der Waals surface area contributed by atoms with Crippen LogP contribution in [-0.4, -0.2) is 124 Å². The summed E-state index contributed by atoms with van der Waals surface area (Å²) in [7, 11) is 0. The maximum absolute atomic E-state index is 12.0. The molecule has 5 heterocycles. The maximum Gasteiger partial charge on any atom is 0.410 e. The number of piperidine rings is 3. The Morgan fingerprint density at radius 3 is 1.20 bits per heavy atom. The standard InChI is InChI=1S/C14H20ClN3O2.C10H18INO2.C10H19NO3.C4H2Cl2N2/c1-14(2,3)20-13(19)18-8-4-10(5-9-18)11-12(15)17-7-6-16-11;1-10(2,3)14-9(13)12-6-4-8(11)5-7-12;1-10(2,3)14-9(13)11-6-4-8(12)5-7-11;5-3-4(6)8-2-1-7-3/h6-7,10H,4-5,8-9H2,1-3H3;8H,4-7H2,1-3H3;8,12H,4-7H2,1-3H3;1-2H. The molecule has 3 saturated heterocycles. The Morgan fingerprint density at radius 2 is 0.875 bits per heavy atom. The van der Waals surface area contributed by atoms with Crippen LogP contribution in [0, 0.1) is 0 Å². The molecular weight excluding hydrogens is 900 g/mol. The maximum atomic E-state index is 12.0. The molecular formula is C38H59Cl3IN7O7. The van der Waals surface area contributed by atoms with Gasteiger partial charge in [-0.3, -0.25) is 4.98 Å². The Morgan fingerprint density at radius 1 is 0.571 bits per heavy atom.